The van der Waals surface area contributed by atoms with E-state index in [0.29, 0.717) is 43.2 Å². The Morgan fingerprint density at radius 1 is 0.935 bits per heavy atom. The monoisotopic (exact) mass is 488 g/mol. The second-order valence-electron chi connectivity index (χ2n) is 6.50. The highest BCUT2D eigenvalue weighted by Gasteiger charge is 2.24. The minimum Gasteiger partial charge on any atom is -0.489 e. The zero-order valence-electron chi connectivity index (χ0n) is 15.9. The van der Waals surface area contributed by atoms with Gasteiger partial charge in [-0.2, -0.15) is 0 Å². The van der Waals surface area contributed by atoms with Crippen LogP contribution in [0.3, 0.4) is 0 Å². The molecule has 31 heavy (non-hydrogen) atoms. The first-order chi connectivity index (χ1) is 15.0. The van der Waals surface area contributed by atoms with Crippen LogP contribution >= 0.6 is 46.6 Å². The van der Waals surface area contributed by atoms with Gasteiger partial charge in [0.1, 0.15) is 12.4 Å². The number of carbonyl (C=O) groups is 1. The standard InChI is InChI=1S/C23H15Cl3N2O2S/c24-17-5-2-1-4-15(17)13-30-16-10-8-14(9-11-16)12-20-22(29)28-23(31-20)27-19-7-3-6-18(25)21(19)26/h1-12H,13H2,(H,27,28,29). The molecule has 1 N–H and O–H groups in total. The van der Waals surface area contributed by atoms with Crippen molar-refractivity contribution in [1.82, 2.24) is 5.32 Å². The van der Waals surface area contributed by atoms with Crippen LogP contribution in [0.4, 0.5) is 5.69 Å². The fourth-order valence-corrected chi connectivity index (χ4v) is 4.12. The average molecular weight is 490 g/mol. The molecule has 3 aromatic carbocycles. The first-order valence-corrected chi connectivity index (χ1v) is 11.1. The van der Waals surface area contributed by atoms with Gasteiger partial charge in [-0.05, 0) is 53.7 Å². The molecule has 0 saturated carbocycles. The van der Waals surface area contributed by atoms with E-state index >= 15 is 0 Å². The van der Waals surface area contributed by atoms with Crippen LogP contribution in [0.1, 0.15) is 11.1 Å². The van der Waals surface area contributed by atoms with Crippen LogP contribution in [-0.4, -0.2) is 11.1 Å². The van der Waals surface area contributed by atoms with Crippen molar-refractivity contribution in [2.75, 3.05) is 0 Å². The number of carbonyl (C=O) groups excluding carboxylic acids is 1. The van der Waals surface area contributed by atoms with E-state index in [4.69, 9.17) is 39.5 Å². The van der Waals surface area contributed by atoms with E-state index in [1.165, 1.54) is 11.8 Å². The Morgan fingerprint density at radius 3 is 2.45 bits per heavy atom. The lowest BCUT2D eigenvalue weighted by molar-refractivity contribution is -0.115. The fourth-order valence-electron chi connectivity index (χ4n) is 2.76. The van der Waals surface area contributed by atoms with Crippen molar-refractivity contribution in [3.8, 4) is 5.75 Å². The van der Waals surface area contributed by atoms with Gasteiger partial charge in [-0.3, -0.25) is 4.79 Å². The number of nitrogens with zero attached hydrogens (tertiary/aromatic N) is 1. The van der Waals surface area contributed by atoms with Crippen molar-refractivity contribution in [2.45, 2.75) is 6.61 Å². The van der Waals surface area contributed by atoms with E-state index in [0.717, 1.165) is 11.1 Å². The molecule has 0 aromatic heterocycles. The number of nitrogens with one attached hydrogen (secondary N) is 1. The predicted molar refractivity (Wildman–Crippen MR) is 129 cm³/mol. The highest BCUT2D eigenvalue weighted by Crippen LogP contribution is 2.34. The lowest BCUT2D eigenvalue weighted by atomic mass is 10.2. The molecule has 4 rings (SSSR count). The SMILES string of the molecule is O=C1NC(=Nc2cccc(Cl)c2Cl)SC1=Cc1ccc(OCc2ccccc2Cl)cc1. The van der Waals surface area contributed by atoms with Crippen LogP contribution in [0.5, 0.6) is 5.75 Å². The van der Waals surface area contributed by atoms with Crippen LogP contribution in [0.25, 0.3) is 6.08 Å². The maximum absolute atomic E-state index is 12.3. The number of ether oxygens (including phenoxy) is 1. The van der Waals surface area contributed by atoms with Gasteiger partial charge in [0.2, 0.25) is 0 Å². The predicted octanol–water partition coefficient (Wildman–Crippen LogP) is 7.12. The number of thioether (sulfide) groups is 1. The van der Waals surface area contributed by atoms with Crippen LogP contribution in [0, 0.1) is 0 Å². The highest BCUT2D eigenvalue weighted by atomic mass is 35.5. The molecule has 0 unspecified atom stereocenters. The van der Waals surface area contributed by atoms with Gasteiger partial charge in [0.15, 0.2) is 5.17 Å². The molecule has 1 aliphatic heterocycles. The van der Waals surface area contributed by atoms with E-state index in [1.54, 1.807) is 24.3 Å². The second kappa shape index (κ2) is 9.79. The number of aliphatic imine (C=N–C) groups is 1. The van der Waals surface area contributed by atoms with E-state index in [1.807, 2.05) is 48.5 Å². The molecule has 1 fully saturated rings. The van der Waals surface area contributed by atoms with Crippen molar-refractivity contribution in [3.05, 3.63) is 97.8 Å². The number of hydrogen-bond acceptors (Lipinski definition) is 4. The maximum atomic E-state index is 12.3. The summed E-state index contributed by atoms with van der Waals surface area (Å²) in [5.74, 6) is 0.490. The molecule has 8 heteroatoms. The Bertz CT molecular complexity index is 1190. The van der Waals surface area contributed by atoms with Gasteiger partial charge in [0.05, 0.1) is 20.6 Å². The minimum atomic E-state index is -0.221. The number of rotatable bonds is 5. The molecule has 4 nitrogen and oxygen atoms in total. The van der Waals surface area contributed by atoms with E-state index in [9.17, 15) is 4.79 Å². The first kappa shape index (κ1) is 21.8. The number of benzene rings is 3. The lowest BCUT2D eigenvalue weighted by Gasteiger charge is -2.08. The van der Waals surface area contributed by atoms with Gasteiger partial charge in [-0.25, -0.2) is 4.99 Å². The zero-order chi connectivity index (χ0) is 21.8. The molecular formula is C23H15Cl3N2O2S. The van der Waals surface area contributed by atoms with Crippen LogP contribution in [-0.2, 0) is 11.4 Å². The Labute approximate surface area is 198 Å². The third-order valence-electron chi connectivity index (χ3n) is 4.33. The molecule has 1 aliphatic rings. The molecular weight excluding hydrogens is 475 g/mol. The second-order valence-corrected chi connectivity index (χ2v) is 8.73. The molecule has 3 aromatic rings. The van der Waals surface area contributed by atoms with Gasteiger partial charge in [0, 0.05) is 10.6 Å². The quantitative estimate of drug-likeness (QED) is 0.388. The zero-order valence-corrected chi connectivity index (χ0v) is 19.0. The van der Waals surface area contributed by atoms with E-state index in [-0.39, 0.29) is 5.91 Å². The first-order valence-electron chi connectivity index (χ1n) is 9.19. The molecule has 0 bridgehead atoms. The number of hydrogen-bond donors (Lipinski definition) is 1. The summed E-state index contributed by atoms with van der Waals surface area (Å²) in [5.41, 5.74) is 2.28. The number of amidine groups is 1. The summed E-state index contributed by atoms with van der Waals surface area (Å²) in [4.78, 5) is 17.2. The minimum absolute atomic E-state index is 0.221. The summed E-state index contributed by atoms with van der Waals surface area (Å²) < 4.78 is 5.79. The van der Waals surface area contributed by atoms with Gasteiger partial charge < -0.3 is 10.1 Å². The Hall–Kier alpha value is -2.44. The lowest BCUT2D eigenvalue weighted by Crippen LogP contribution is -2.19. The van der Waals surface area contributed by atoms with Gasteiger partial charge in [-0.1, -0.05) is 71.2 Å². The number of halogens is 3. The summed E-state index contributed by atoms with van der Waals surface area (Å²) >= 11 is 19.6. The fraction of sp³-hybridized carbons (Fsp3) is 0.0435. The van der Waals surface area contributed by atoms with Gasteiger partial charge in [-0.15, -0.1) is 0 Å². The molecule has 0 atom stereocenters. The Kier molecular flexibility index (Phi) is 6.88. The van der Waals surface area contributed by atoms with Crippen molar-refractivity contribution >= 4 is 69.4 Å². The Morgan fingerprint density at radius 2 is 1.68 bits per heavy atom. The van der Waals surface area contributed by atoms with E-state index in [2.05, 4.69) is 10.3 Å². The number of amides is 1. The van der Waals surface area contributed by atoms with Crippen LogP contribution < -0.4 is 10.1 Å². The molecule has 156 valence electrons. The molecule has 1 amide bonds. The van der Waals surface area contributed by atoms with Crippen molar-refractivity contribution in [1.29, 1.82) is 0 Å². The topological polar surface area (TPSA) is 50.7 Å². The normalized spacial score (nSPS) is 16.0. The van der Waals surface area contributed by atoms with Gasteiger partial charge in [0.25, 0.3) is 5.91 Å². The summed E-state index contributed by atoms with van der Waals surface area (Å²) in [6.45, 7) is 0.379. The smallest absolute Gasteiger partial charge is 0.264 e. The largest absolute Gasteiger partial charge is 0.489 e. The molecule has 0 spiro atoms. The molecule has 1 heterocycles. The third-order valence-corrected chi connectivity index (χ3v) is 6.42. The molecule has 0 aliphatic carbocycles. The highest BCUT2D eigenvalue weighted by molar-refractivity contribution is 8.18. The summed E-state index contributed by atoms with van der Waals surface area (Å²) in [5, 5.41) is 4.61. The summed E-state index contributed by atoms with van der Waals surface area (Å²) in [6.07, 6.45) is 1.79. The third kappa shape index (κ3) is 5.43. The summed E-state index contributed by atoms with van der Waals surface area (Å²) in [7, 11) is 0. The summed E-state index contributed by atoms with van der Waals surface area (Å²) in [6, 6.07) is 20.2. The maximum Gasteiger partial charge on any atom is 0.264 e. The van der Waals surface area contributed by atoms with Gasteiger partial charge >= 0.3 is 0 Å². The molecule has 1 saturated heterocycles. The van der Waals surface area contributed by atoms with Crippen molar-refractivity contribution in [3.63, 3.8) is 0 Å². The average Bonchev–Trinajstić information content (AvgIpc) is 3.10. The van der Waals surface area contributed by atoms with Crippen molar-refractivity contribution < 1.29 is 9.53 Å². The van der Waals surface area contributed by atoms with Crippen LogP contribution in [0.2, 0.25) is 15.1 Å². The Balaban J connectivity index is 1.44. The van der Waals surface area contributed by atoms with Crippen LogP contribution in [0.15, 0.2) is 76.6 Å². The van der Waals surface area contributed by atoms with Crippen molar-refractivity contribution in [2.24, 2.45) is 4.99 Å². The van der Waals surface area contributed by atoms with E-state index < -0.39 is 0 Å². The molecule has 0 radical (unpaired) electrons.